The lowest BCUT2D eigenvalue weighted by Crippen LogP contribution is -2.30. The Labute approximate surface area is 187 Å². The van der Waals surface area contributed by atoms with Crippen LogP contribution in [0.2, 0.25) is 0 Å². The maximum absolute atomic E-state index is 13.4. The third-order valence-electron chi connectivity index (χ3n) is 5.97. The van der Waals surface area contributed by atoms with E-state index in [1.807, 2.05) is 36.4 Å². The number of rotatable bonds is 10. The predicted molar refractivity (Wildman–Crippen MR) is 117 cm³/mol. The highest BCUT2D eigenvalue weighted by Crippen LogP contribution is 2.45. The summed E-state index contributed by atoms with van der Waals surface area (Å²) in [5.41, 5.74) is 1.61. The number of carbonyl (C=O) groups excluding carboxylic acids is 3. The van der Waals surface area contributed by atoms with Gasteiger partial charge < -0.3 is 18.9 Å². The summed E-state index contributed by atoms with van der Waals surface area (Å²) in [4.78, 5) is 36.9. The van der Waals surface area contributed by atoms with E-state index in [2.05, 4.69) is 0 Å². The number of benzene rings is 2. The maximum atomic E-state index is 13.4. The maximum Gasteiger partial charge on any atom is 0.305 e. The number of fused-ring (bicyclic) bond motifs is 1. The van der Waals surface area contributed by atoms with Gasteiger partial charge in [-0.05, 0) is 54.7 Å². The zero-order valence-electron chi connectivity index (χ0n) is 18.6. The molecule has 0 amide bonds. The average molecular weight is 440 g/mol. The van der Waals surface area contributed by atoms with E-state index < -0.39 is 5.41 Å². The van der Waals surface area contributed by atoms with Crippen molar-refractivity contribution >= 4 is 17.7 Å². The van der Waals surface area contributed by atoms with Gasteiger partial charge in [-0.3, -0.25) is 14.4 Å². The van der Waals surface area contributed by atoms with Crippen molar-refractivity contribution in [3.63, 3.8) is 0 Å². The van der Waals surface area contributed by atoms with E-state index in [1.54, 1.807) is 13.2 Å². The van der Waals surface area contributed by atoms with E-state index in [9.17, 15) is 14.4 Å². The number of esters is 2. The molecule has 0 N–H and O–H groups in total. The van der Waals surface area contributed by atoms with Crippen LogP contribution in [0.3, 0.4) is 0 Å². The van der Waals surface area contributed by atoms with Crippen molar-refractivity contribution < 1.29 is 33.3 Å². The summed E-state index contributed by atoms with van der Waals surface area (Å²) in [5.74, 6) is 0.524. The lowest BCUT2D eigenvalue weighted by Gasteiger charge is -2.26. The standard InChI is InChI=1S/C25H28O7/c1-29-19-7-4-17(5-8-19)16-32-20-9-6-18-15-25(12-10-22(26)30-2,13-11-23(27)31-3)24(28)21(18)14-20/h4-9,14H,10-13,15-16H2,1-3H3. The van der Waals surface area contributed by atoms with Gasteiger partial charge in [0.15, 0.2) is 5.78 Å². The molecule has 0 aliphatic heterocycles. The predicted octanol–water partition coefficient (Wildman–Crippen LogP) is 3.91. The molecule has 32 heavy (non-hydrogen) atoms. The van der Waals surface area contributed by atoms with Crippen LogP contribution >= 0.6 is 0 Å². The fourth-order valence-electron chi connectivity index (χ4n) is 4.05. The molecule has 0 spiro atoms. The number of hydrogen-bond acceptors (Lipinski definition) is 7. The van der Waals surface area contributed by atoms with Gasteiger partial charge in [0.1, 0.15) is 18.1 Å². The van der Waals surface area contributed by atoms with Crippen LogP contribution in [0.5, 0.6) is 11.5 Å². The fourth-order valence-corrected chi connectivity index (χ4v) is 4.05. The molecule has 0 radical (unpaired) electrons. The van der Waals surface area contributed by atoms with Crippen LogP contribution in [0.15, 0.2) is 42.5 Å². The van der Waals surface area contributed by atoms with Crippen molar-refractivity contribution in [2.24, 2.45) is 5.41 Å². The van der Waals surface area contributed by atoms with Gasteiger partial charge in [0.25, 0.3) is 0 Å². The number of carbonyl (C=O) groups is 3. The Kier molecular flexibility index (Phi) is 7.51. The van der Waals surface area contributed by atoms with Gasteiger partial charge in [0, 0.05) is 23.8 Å². The van der Waals surface area contributed by atoms with Gasteiger partial charge in [0.2, 0.25) is 0 Å². The molecule has 0 saturated carbocycles. The molecular formula is C25H28O7. The van der Waals surface area contributed by atoms with E-state index in [0.29, 0.717) is 37.2 Å². The van der Waals surface area contributed by atoms with Gasteiger partial charge in [-0.1, -0.05) is 18.2 Å². The molecule has 2 aromatic rings. The summed E-state index contributed by atoms with van der Waals surface area (Å²) >= 11 is 0. The second-order valence-electron chi connectivity index (χ2n) is 7.89. The Hall–Kier alpha value is -3.35. The lowest BCUT2D eigenvalue weighted by molar-refractivity contribution is -0.141. The van der Waals surface area contributed by atoms with Crippen LogP contribution in [0.1, 0.15) is 47.2 Å². The van der Waals surface area contributed by atoms with Crippen molar-refractivity contribution in [1.82, 2.24) is 0 Å². The normalized spacial score (nSPS) is 13.9. The van der Waals surface area contributed by atoms with Crippen LogP contribution in [0.4, 0.5) is 0 Å². The number of ether oxygens (including phenoxy) is 4. The topological polar surface area (TPSA) is 88.1 Å². The molecule has 7 nitrogen and oxygen atoms in total. The molecule has 0 fully saturated rings. The van der Waals surface area contributed by atoms with Gasteiger partial charge in [-0.25, -0.2) is 0 Å². The zero-order chi connectivity index (χ0) is 23.1. The molecule has 0 bridgehead atoms. The largest absolute Gasteiger partial charge is 0.497 e. The van der Waals surface area contributed by atoms with Crippen LogP contribution in [0, 0.1) is 5.41 Å². The Bertz CT molecular complexity index is 958. The molecule has 2 aromatic carbocycles. The molecule has 1 aliphatic carbocycles. The molecule has 0 unspecified atom stereocenters. The molecule has 0 atom stereocenters. The van der Waals surface area contributed by atoms with E-state index in [4.69, 9.17) is 18.9 Å². The van der Waals surface area contributed by atoms with Crippen LogP contribution in [-0.2, 0) is 32.1 Å². The first kappa shape index (κ1) is 23.3. The molecule has 1 aliphatic rings. The smallest absolute Gasteiger partial charge is 0.305 e. The van der Waals surface area contributed by atoms with E-state index >= 15 is 0 Å². The van der Waals surface area contributed by atoms with Gasteiger partial charge >= 0.3 is 11.9 Å². The van der Waals surface area contributed by atoms with Gasteiger partial charge in [-0.15, -0.1) is 0 Å². The summed E-state index contributed by atoms with van der Waals surface area (Å²) in [6, 6.07) is 13.0. The van der Waals surface area contributed by atoms with Crippen molar-refractivity contribution in [2.75, 3.05) is 21.3 Å². The molecule has 0 aromatic heterocycles. The Morgan fingerprint density at radius 3 is 2.03 bits per heavy atom. The first-order chi connectivity index (χ1) is 15.4. The number of Topliss-reactive ketones (excluding diaryl/α,β-unsaturated/α-hetero) is 1. The second kappa shape index (κ2) is 10.3. The number of hydrogen-bond donors (Lipinski definition) is 0. The highest BCUT2D eigenvalue weighted by Gasteiger charge is 2.45. The molecule has 170 valence electrons. The highest BCUT2D eigenvalue weighted by atomic mass is 16.5. The Balaban J connectivity index is 1.75. The van der Waals surface area contributed by atoms with E-state index in [1.165, 1.54) is 14.2 Å². The zero-order valence-corrected chi connectivity index (χ0v) is 18.6. The van der Waals surface area contributed by atoms with E-state index in [-0.39, 0.29) is 30.6 Å². The number of ketones is 1. The third kappa shape index (κ3) is 5.28. The minimum Gasteiger partial charge on any atom is -0.497 e. The molecule has 3 rings (SSSR count). The SMILES string of the molecule is COC(=O)CCC1(CCC(=O)OC)Cc2ccc(OCc3ccc(OC)cc3)cc2C1=O. The van der Waals surface area contributed by atoms with Crippen molar-refractivity contribution in [2.45, 2.75) is 38.7 Å². The summed E-state index contributed by atoms with van der Waals surface area (Å²) in [5, 5.41) is 0. The highest BCUT2D eigenvalue weighted by molar-refractivity contribution is 6.05. The second-order valence-corrected chi connectivity index (χ2v) is 7.89. The lowest BCUT2D eigenvalue weighted by atomic mass is 9.75. The first-order valence-corrected chi connectivity index (χ1v) is 10.5. The van der Waals surface area contributed by atoms with Gasteiger partial charge in [-0.2, -0.15) is 0 Å². The first-order valence-electron chi connectivity index (χ1n) is 10.5. The van der Waals surface area contributed by atoms with Crippen molar-refractivity contribution in [3.8, 4) is 11.5 Å². The number of methoxy groups -OCH3 is 3. The molecule has 0 heterocycles. The van der Waals surface area contributed by atoms with Crippen LogP contribution in [-0.4, -0.2) is 39.1 Å². The Morgan fingerprint density at radius 2 is 1.47 bits per heavy atom. The third-order valence-corrected chi connectivity index (χ3v) is 5.97. The van der Waals surface area contributed by atoms with Crippen LogP contribution in [0.25, 0.3) is 0 Å². The molecular weight excluding hydrogens is 412 g/mol. The summed E-state index contributed by atoms with van der Waals surface area (Å²) in [6.45, 7) is 0.354. The minimum absolute atomic E-state index is 0.0739. The molecule has 7 heteroatoms. The summed E-state index contributed by atoms with van der Waals surface area (Å²) in [7, 11) is 4.26. The fraction of sp³-hybridized carbons (Fsp3) is 0.400. The average Bonchev–Trinajstić information content (AvgIpc) is 3.11. The summed E-state index contributed by atoms with van der Waals surface area (Å²) in [6.07, 6.45) is 1.31. The Morgan fingerprint density at radius 1 is 0.875 bits per heavy atom. The van der Waals surface area contributed by atoms with Crippen molar-refractivity contribution in [1.29, 1.82) is 0 Å². The monoisotopic (exact) mass is 440 g/mol. The van der Waals surface area contributed by atoms with E-state index in [0.717, 1.165) is 16.9 Å². The van der Waals surface area contributed by atoms with Gasteiger partial charge in [0.05, 0.1) is 21.3 Å². The summed E-state index contributed by atoms with van der Waals surface area (Å²) < 4.78 is 20.6. The molecule has 0 saturated heterocycles. The van der Waals surface area contributed by atoms with Crippen LogP contribution < -0.4 is 9.47 Å². The van der Waals surface area contributed by atoms with Crippen molar-refractivity contribution in [3.05, 3.63) is 59.2 Å². The quantitative estimate of drug-likeness (QED) is 0.518. The minimum atomic E-state index is -0.834.